The number of carbonyl (C=O) groups excluding carboxylic acids is 1. The molecule has 180 valence electrons. The first-order valence-electron chi connectivity index (χ1n) is 13.5. The van der Waals surface area contributed by atoms with Crippen LogP contribution in [0.4, 0.5) is 0 Å². The molecule has 0 radical (unpaired) electrons. The van der Waals surface area contributed by atoms with Crippen LogP contribution in [0.25, 0.3) is 0 Å². The molecule has 5 nitrogen and oxygen atoms in total. The van der Waals surface area contributed by atoms with Crippen LogP contribution in [0.2, 0.25) is 0 Å². The Morgan fingerprint density at radius 1 is 1.21 bits per heavy atom. The lowest BCUT2D eigenvalue weighted by molar-refractivity contribution is -0.131. The summed E-state index contributed by atoms with van der Waals surface area (Å²) in [5.74, 6) is 5.40. The van der Waals surface area contributed by atoms with Crippen molar-refractivity contribution in [3.63, 3.8) is 0 Å². The van der Waals surface area contributed by atoms with Gasteiger partial charge in [-0.3, -0.25) is 9.48 Å². The van der Waals surface area contributed by atoms with Crippen molar-refractivity contribution >= 4 is 5.78 Å². The Kier molecular flexibility index (Phi) is 6.18. The fourth-order valence-corrected chi connectivity index (χ4v) is 9.07. The number of hydrogen-bond donors (Lipinski definition) is 1. The van der Waals surface area contributed by atoms with Crippen molar-refractivity contribution in [3.8, 4) is 6.07 Å². The van der Waals surface area contributed by atoms with Gasteiger partial charge in [-0.15, -0.1) is 0 Å². The monoisotopic (exact) mass is 450 g/mol. The first kappa shape index (κ1) is 23.1. The lowest BCUT2D eigenvalue weighted by atomic mass is 9.48. The van der Waals surface area contributed by atoms with E-state index in [2.05, 4.69) is 44.2 Å². The van der Waals surface area contributed by atoms with Gasteiger partial charge in [0.2, 0.25) is 0 Å². The molecule has 1 heterocycles. The smallest absolute Gasteiger partial charge is 0.157 e. The van der Waals surface area contributed by atoms with Crippen LogP contribution in [-0.4, -0.2) is 27.6 Å². The van der Waals surface area contributed by atoms with Gasteiger partial charge in [-0.2, -0.15) is 10.4 Å². The molecule has 1 aromatic heterocycles. The van der Waals surface area contributed by atoms with Crippen molar-refractivity contribution < 1.29 is 4.79 Å². The molecule has 0 bridgehead atoms. The van der Waals surface area contributed by atoms with E-state index < -0.39 is 0 Å². The minimum atomic E-state index is 0.0742. The number of fused-ring (bicyclic) bond motifs is 5. The first-order chi connectivity index (χ1) is 15.8. The van der Waals surface area contributed by atoms with Gasteiger partial charge < -0.3 is 5.32 Å². The number of Topliss-reactive ketones (excluding diaryl/α,β-unsaturated/α-hetero) is 1. The highest BCUT2D eigenvalue weighted by Gasteiger charge is 2.61. The lowest BCUT2D eigenvalue weighted by Crippen LogP contribution is -2.53. The third-order valence-electron chi connectivity index (χ3n) is 10.2. The molecule has 0 aliphatic heterocycles. The van der Waals surface area contributed by atoms with Crippen LogP contribution in [-0.2, 0) is 11.3 Å². The van der Waals surface area contributed by atoms with Gasteiger partial charge in [-0.25, -0.2) is 0 Å². The molecule has 0 spiro atoms. The summed E-state index contributed by atoms with van der Waals surface area (Å²) in [5.41, 5.74) is 0.599. The van der Waals surface area contributed by atoms with Gasteiger partial charge in [0.15, 0.2) is 5.78 Å². The van der Waals surface area contributed by atoms with E-state index in [9.17, 15) is 4.79 Å². The molecule has 5 rings (SSSR count). The van der Waals surface area contributed by atoms with Gasteiger partial charge in [-0.05, 0) is 85.9 Å². The number of nitrogens with zero attached hydrogens (tertiary/aromatic N) is 3. The molecule has 4 saturated carbocycles. The maximum absolute atomic E-state index is 13.7. The van der Waals surface area contributed by atoms with Gasteiger partial charge in [0.05, 0.1) is 18.3 Å². The molecule has 0 saturated heterocycles. The molecule has 0 amide bonds. The van der Waals surface area contributed by atoms with Gasteiger partial charge in [0, 0.05) is 24.2 Å². The zero-order valence-corrected chi connectivity index (χ0v) is 21.0. The quantitative estimate of drug-likeness (QED) is 0.669. The first-order valence-corrected chi connectivity index (χ1v) is 13.5. The summed E-state index contributed by atoms with van der Waals surface area (Å²) in [6.45, 7) is 9.69. The molecule has 1 aromatic rings. The van der Waals surface area contributed by atoms with Crippen molar-refractivity contribution in [1.82, 2.24) is 15.1 Å². The molecular weight excluding hydrogens is 408 g/mol. The molecule has 4 aliphatic carbocycles. The summed E-state index contributed by atoms with van der Waals surface area (Å²) >= 11 is 0. The summed E-state index contributed by atoms with van der Waals surface area (Å²) in [5, 5.41) is 17.3. The number of nitrogens with one attached hydrogen (secondary N) is 1. The van der Waals surface area contributed by atoms with E-state index in [1.165, 1.54) is 44.9 Å². The maximum atomic E-state index is 13.7. The number of ketones is 1. The summed E-state index contributed by atoms with van der Waals surface area (Å²) in [6.07, 6.45) is 13.8. The number of nitriles is 1. The molecule has 5 heteroatoms. The molecular formula is C28H42N4O. The average Bonchev–Trinajstić information content (AvgIpc) is 3.34. The van der Waals surface area contributed by atoms with Crippen molar-refractivity contribution in [1.29, 1.82) is 5.26 Å². The Labute approximate surface area is 199 Å². The predicted molar refractivity (Wildman–Crippen MR) is 129 cm³/mol. The molecule has 0 aromatic carbocycles. The Morgan fingerprint density at radius 3 is 2.73 bits per heavy atom. The van der Waals surface area contributed by atoms with Crippen LogP contribution in [0.15, 0.2) is 12.4 Å². The predicted octanol–water partition coefficient (Wildman–Crippen LogP) is 5.21. The summed E-state index contributed by atoms with van der Waals surface area (Å²) in [7, 11) is 0. The average molecular weight is 451 g/mol. The van der Waals surface area contributed by atoms with E-state index >= 15 is 0 Å². The minimum Gasteiger partial charge on any atom is -0.311 e. The van der Waals surface area contributed by atoms with Crippen molar-refractivity contribution in [3.05, 3.63) is 18.0 Å². The zero-order chi connectivity index (χ0) is 23.3. The normalized spacial score (nSPS) is 42.3. The summed E-state index contributed by atoms with van der Waals surface area (Å²) in [6, 6.07) is 2.99. The van der Waals surface area contributed by atoms with Gasteiger partial charge in [0.25, 0.3) is 0 Å². The van der Waals surface area contributed by atoms with E-state index in [1.54, 1.807) is 17.1 Å². The van der Waals surface area contributed by atoms with E-state index in [-0.39, 0.29) is 11.3 Å². The van der Waals surface area contributed by atoms with Crippen LogP contribution in [0, 0.1) is 58.2 Å². The largest absolute Gasteiger partial charge is 0.311 e. The van der Waals surface area contributed by atoms with Crippen molar-refractivity contribution in [2.75, 3.05) is 0 Å². The van der Waals surface area contributed by atoms with Crippen LogP contribution in [0.1, 0.15) is 84.6 Å². The standard InChI is InChI=1S/C28H42N4O/c1-17(2)31-25-12-24(26(33)16-32-15-19(13-29)14-30-32)28(4)10-9-22-21-7-5-18(3)11-20(21)6-8-23(22)27(25)28/h14-15,17-18,20-25,27,31H,5-12,16H2,1-4H3/t18-,20+,21-,22?,23+,24+,25?,27?,28+/m0/s1. The molecule has 3 unspecified atom stereocenters. The fraction of sp³-hybridized carbons (Fsp3) is 0.821. The SMILES string of the molecule is CC(C)NC1C[C@H](C(=O)Cn2cc(C#N)cn2)[C@@]2(C)CCC3[C@@H](CC[C@@H]4C[C@@H](C)CC[C@H]34)C12. The summed E-state index contributed by atoms with van der Waals surface area (Å²) in [4.78, 5) is 13.7. The van der Waals surface area contributed by atoms with Crippen LogP contribution < -0.4 is 5.32 Å². The molecule has 33 heavy (non-hydrogen) atoms. The number of rotatable bonds is 5. The zero-order valence-electron chi connectivity index (χ0n) is 21.0. The highest BCUT2D eigenvalue weighted by Crippen LogP contribution is 2.64. The third kappa shape index (κ3) is 4.07. The highest BCUT2D eigenvalue weighted by molar-refractivity contribution is 5.82. The van der Waals surface area contributed by atoms with E-state index in [0.717, 1.165) is 36.0 Å². The molecule has 1 N–H and O–H groups in total. The minimum absolute atomic E-state index is 0.0742. The Balaban J connectivity index is 1.40. The lowest BCUT2D eigenvalue weighted by Gasteiger charge is -2.57. The fourth-order valence-electron chi connectivity index (χ4n) is 9.07. The Hall–Kier alpha value is -1.67. The highest BCUT2D eigenvalue weighted by atomic mass is 16.1. The van der Waals surface area contributed by atoms with Gasteiger partial charge >= 0.3 is 0 Å². The van der Waals surface area contributed by atoms with Crippen LogP contribution >= 0.6 is 0 Å². The second-order valence-electron chi connectivity index (χ2n) is 12.5. The second-order valence-corrected chi connectivity index (χ2v) is 12.5. The van der Waals surface area contributed by atoms with E-state index in [0.29, 0.717) is 35.9 Å². The van der Waals surface area contributed by atoms with E-state index in [4.69, 9.17) is 5.26 Å². The topological polar surface area (TPSA) is 70.7 Å². The van der Waals surface area contributed by atoms with Gasteiger partial charge in [0.1, 0.15) is 6.07 Å². The van der Waals surface area contributed by atoms with Crippen molar-refractivity contribution in [2.45, 2.75) is 97.7 Å². The van der Waals surface area contributed by atoms with Crippen LogP contribution in [0.5, 0.6) is 0 Å². The Morgan fingerprint density at radius 2 is 2.00 bits per heavy atom. The third-order valence-corrected chi connectivity index (χ3v) is 10.2. The van der Waals surface area contributed by atoms with Gasteiger partial charge in [-0.1, -0.05) is 34.1 Å². The summed E-state index contributed by atoms with van der Waals surface area (Å²) < 4.78 is 1.67. The number of hydrogen-bond acceptors (Lipinski definition) is 4. The van der Waals surface area contributed by atoms with Crippen molar-refractivity contribution in [2.24, 2.45) is 46.8 Å². The Bertz CT molecular complexity index is 915. The number of aromatic nitrogens is 2. The number of carbonyl (C=O) groups is 1. The van der Waals surface area contributed by atoms with Crippen LogP contribution in [0.3, 0.4) is 0 Å². The van der Waals surface area contributed by atoms with E-state index in [1.807, 2.05) is 0 Å². The molecule has 9 atom stereocenters. The molecule has 4 fully saturated rings. The second kappa shape index (κ2) is 8.84. The maximum Gasteiger partial charge on any atom is 0.157 e. The molecule has 4 aliphatic rings.